The third-order valence-corrected chi connectivity index (χ3v) is 3.75. The molecule has 0 atom stereocenters. The minimum Gasteiger partial charge on any atom is -0.424 e. The van der Waals surface area contributed by atoms with Gasteiger partial charge in [-0.2, -0.15) is 15.1 Å². The summed E-state index contributed by atoms with van der Waals surface area (Å²) in [4.78, 5) is 23.3. The largest absolute Gasteiger partial charge is 0.424 e. The maximum atomic E-state index is 12.4. The fourth-order valence-corrected chi connectivity index (χ4v) is 2.72. The summed E-state index contributed by atoms with van der Waals surface area (Å²) < 4.78 is 6.95. The maximum Gasteiger partial charge on any atom is 0.292 e. The lowest BCUT2D eigenvalue weighted by Crippen LogP contribution is -2.12. The fraction of sp³-hybridized carbons (Fsp3) is 0.200. The summed E-state index contributed by atoms with van der Waals surface area (Å²) in [5.41, 5.74) is 13.8. The van der Waals surface area contributed by atoms with Crippen LogP contribution in [0.5, 0.6) is 0 Å². The second-order valence-corrected chi connectivity index (χ2v) is 5.77. The van der Waals surface area contributed by atoms with Crippen molar-refractivity contribution in [3.63, 3.8) is 0 Å². The van der Waals surface area contributed by atoms with Crippen molar-refractivity contribution in [2.45, 2.75) is 19.9 Å². The average Bonchev–Trinajstić information content (AvgIpc) is 3.05. The quantitative estimate of drug-likeness (QED) is 0.509. The van der Waals surface area contributed by atoms with Crippen LogP contribution in [0.1, 0.15) is 19.9 Å². The van der Waals surface area contributed by atoms with Crippen molar-refractivity contribution in [2.24, 2.45) is 0 Å². The van der Waals surface area contributed by atoms with E-state index in [2.05, 4.69) is 20.1 Å². The maximum absolute atomic E-state index is 12.4. The molecule has 0 radical (unpaired) electrons. The van der Waals surface area contributed by atoms with Gasteiger partial charge in [0.1, 0.15) is 16.6 Å². The summed E-state index contributed by atoms with van der Waals surface area (Å²) in [5.74, 6) is 0.0561. The zero-order chi connectivity index (χ0) is 17.0. The molecule has 0 aliphatic carbocycles. The molecule has 0 unspecified atom stereocenters. The van der Waals surface area contributed by atoms with Crippen molar-refractivity contribution >= 4 is 34.1 Å². The molecule has 0 aliphatic heterocycles. The molecular weight excluding hydrogens is 310 g/mol. The average molecular weight is 325 g/mol. The molecule has 1 aromatic carbocycles. The van der Waals surface area contributed by atoms with E-state index in [-0.39, 0.29) is 23.6 Å². The molecule has 0 saturated heterocycles. The second kappa shape index (κ2) is 4.82. The lowest BCUT2D eigenvalue weighted by Gasteiger charge is -2.05. The van der Waals surface area contributed by atoms with E-state index in [1.54, 1.807) is 22.9 Å². The number of rotatable bonds is 2. The smallest absolute Gasteiger partial charge is 0.292 e. The topological polar surface area (TPSA) is 142 Å². The van der Waals surface area contributed by atoms with Crippen molar-refractivity contribution in [1.82, 2.24) is 24.7 Å². The first-order valence-corrected chi connectivity index (χ1v) is 7.38. The number of aromatic amines is 1. The van der Waals surface area contributed by atoms with Crippen LogP contribution in [0.3, 0.4) is 0 Å². The highest BCUT2D eigenvalue weighted by Crippen LogP contribution is 2.29. The summed E-state index contributed by atoms with van der Waals surface area (Å²) >= 11 is 0. The van der Waals surface area contributed by atoms with Crippen LogP contribution in [-0.2, 0) is 0 Å². The van der Waals surface area contributed by atoms with Crippen LogP contribution in [0.4, 0.5) is 12.0 Å². The molecule has 9 heteroatoms. The SMILES string of the molecule is CC(C)n1nc(-c2ccc3oc(N)nc3c2)c2c(=O)[nH]c(N)nc21. The molecular formula is C15H15N7O2. The van der Waals surface area contributed by atoms with Crippen LogP contribution in [-0.4, -0.2) is 24.7 Å². The first-order chi connectivity index (χ1) is 11.4. The summed E-state index contributed by atoms with van der Waals surface area (Å²) in [6, 6.07) is 5.42. The molecule has 0 spiro atoms. The van der Waals surface area contributed by atoms with Crippen LogP contribution >= 0.6 is 0 Å². The number of nitrogens with two attached hydrogens (primary N) is 2. The van der Waals surface area contributed by atoms with Crippen LogP contribution in [0, 0.1) is 0 Å². The molecule has 4 aromatic rings. The Morgan fingerprint density at radius 3 is 2.79 bits per heavy atom. The third kappa shape index (κ3) is 2.02. The molecule has 3 heterocycles. The molecule has 0 amide bonds. The second-order valence-electron chi connectivity index (χ2n) is 5.77. The zero-order valence-corrected chi connectivity index (χ0v) is 13.1. The number of nitrogens with one attached hydrogen (secondary N) is 1. The Morgan fingerprint density at radius 1 is 1.25 bits per heavy atom. The highest BCUT2D eigenvalue weighted by Gasteiger charge is 2.20. The van der Waals surface area contributed by atoms with Gasteiger partial charge < -0.3 is 15.9 Å². The Bertz CT molecular complexity index is 1140. The van der Waals surface area contributed by atoms with Crippen LogP contribution in [0.2, 0.25) is 0 Å². The molecule has 0 aliphatic rings. The first-order valence-electron chi connectivity index (χ1n) is 7.38. The number of hydrogen-bond donors (Lipinski definition) is 3. The van der Waals surface area contributed by atoms with Gasteiger partial charge in [0.2, 0.25) is 5.95 Å². The monoisotopic (exact) mass is 325 g/mol. The van der Waals surface area contributed by atoms with Crippen molar-refractivity contribution < 1.29 is 4.42 Å². The van der Waals surface area contributed by atoms with Gasteiger partial charge in [0.05, 0.1) is 0 Å². The summed E-state index contributed by atoms with van der Waals surface area (Å²) in [7, 11) is 0. The summed E-state index contributed by atoms with van der Waals surface area (Å²) in [6.45, 7) is 3.91. The Labute approximate surface area is 135 Å². The molecule has 0 bridgehead atoms. The van der Waals surface area contributed by atoms with Crippen molar-refractivity contribution in [3.8, 4) is 11.3 Å². The van der Waals surface area contributed by atoms with Crippen molar-refractivity contribution in [3.05, 3.63) is 28.6 Å². The number of fused-ring (bicyclic) bond motifs is 2. The van der Waals surface area contributed by atoms with E-state index in [9.17, 15) is 4.79 Å². The number of aromatic nitrogens is 5. The van der Waals surface area contributed by atoms with Crippen LogP contribution < -0.4 is 17.0 Å². The number of oxazole rings is 1. The summed E-state index contributed by atoms with van der Waals surface area (Å²) in [5, 5.41) is 4.95. The van der Waals surface area contributed by atoms with E-state index in [1.165, 1.54) is 0 Å². The van der Waals surface area contributed by atoms with Gasteiger partial charge in [0, 0.05) is 11.6 Å². The number of H-pyrrole nitrogens is 1. The Kier molecular flexibility index (Phi) is 2.86. The standard InChI is InChI=1S/C15H15N7O2/c1-6(2)22-12-10(13(23)20-14(16)19-12)11(21-22)7-3-4-9-8(5-7)18-15(17)24-9/h3-6H,1-2H3,(H2,17,18)(H3,16,19,20,23). The normalized spacial score (nSPS) is 11.8. The molecule has 3 aromatic heterocycles. The molecule has 0 saturated carbocycles. The van der Waals surface area contributed by atoms with Gasteiger partial charge in [-0.05, 0) is 32.0 Å². The number of nitrogen functional groups attached to an aromatic ring is 2. The minimum absolute atomic E-state index is 0.0152. The van der Waals surface area contributed by atoms with Gasteiger partial charge in [0.15, 0.2) is 11.2 Å². The predicted molar refractivity (Wildman–Crippen MR) is 90.4 cm³/mol. The van der Waals surface area contributed by atoms with E-state index in [4.69, 9.17) is 15.9 Å². The number of hydrogen-bond acceptors (Lipinski definition) is 7. The minimum atomic E-state index is -0.334. The van der Waals surface area contributed by atoms with Crippen LogP contribution in [0.25, 0.3) is 33.4 Å². The van der Waals surface area contributed by atoms with Crippen molar-refractivity contribution in [2.75, 3.05) is 11.5 Å². The molecule has 4 rings (SSSR count). The van der Waals surface area contributed by atoms with E-state index in [1.807, 2.05) is 13.8 Å². The number of anilines is 2. The Morgan fingerprint density at radius 2 is 2.04 bits per heavy atom. The van der Waals surface area contributed by atoms with E-state index < -0.39 is 0 Å². The van der Waals surface area contributed by atoms with Gasteiger partial charge in [-0.3, -0.25) is 9.78 Å². The van der Waals surface area contributed by atoms with E-state index in [0.717, 1.165) is 5.56 Å². The lowest BCUT2D eigenvalue weighted by atomic mass is 10.1. The van der Waals surface area contributed by atoms with Gasteiger partial charge in [-0.25, -0.2) is 4.68 Å². The Balaban J connectivity index is 2.06. The van der Waals surface area contributed by atoms with Gasteiger partial charge >= 0.3 is 0 Å². The highest BCUT2D eigenvalue weighted by atomic mass is 16.4. The van der Waals surface area contributed by atoms with Gasteiger partial charge in [-0.1, -0.05) is 0 Å². The highest BCUT2D eigenvalue weighted by molar-refractivity contribution is 5.93. The van der Waals surface area contributed by atoms with E-state index in [0.29, 0.717) is 27.8 Å². The predicted octanol–water partition coefficient (Wildman–Crippen LogP) is 1.67. The van der Waals surface area contributed by atoms with Crippen LogP contribution in [0.15, 0.2) is 27.4 Å². The Hall–Kier alpha value is -3.36. The number of nitrogens with zero attached hydrogens (tertiary/aromatic N) is 4. The van der Waals surface area contributed by atoms with Gasteiger partial charge in [0.25, 0.3) is 11.6 Å². The molecule has 9 nitrogen and oxygen atoms in total. The molecule has 122 valence electrons. The van der Waals surface area contributed by atoms with E-state index >= 15 is 0 Å². The first kappa shape index (κ1) is 14.2. The van der Waals surface area contributed by atoms with Gasteiger partial charge in [-0.15, -0.1) is 0 Å². The van der Waals surface area contributed by atoms with Crippen molar-refractivity contribution in [1.29, 1.82) is 0 Å². The molecule has 24 heavy (non-hydrogen) atoms. The zero-order valence-electron chi connectivity index (χ0n) is 13.1. The lowest BCUT2D eigenvalue weighted by molar-refractivity contribution is 0.548. The molecule has 0 fully saturated rings. The summed E-state index contributed by atoms with van der Waals surface area (Å²) in [6.07, 6.45) is 0. The molecule has 5 N–H and O–H groups in total. The number of benzene rings is 1. The third-order valence-electron chi connectivity index (χ3n) is 3.75. The fourth-order valence-electron chi connectivity index (χ4n) is 2.72.